The number of phenols is 1. The van der Waals surface area contributed by atoms with Crippen molar-refractivity contribution in [2.45, 2.75) is 31.3 Å². The Morgan fingerprint density at radius 1 is 1.13 bits per heavy atom. The third-order valence-corrected chi connectivity index (χ3v) is 7.70. The molecule has 0 spiro atoms. The second-order valence-electron chi connectivity index (χ2n) is 8.38. The first kappa shape index (κ1) is 19.7. The van der Waals surface area contributed by atoms with Crippen LogP contribution in [-0.2, 0) is 20.9 Å². The average molecular weight is 429 g/mol. The highest BCUT2D eigenvalue weighted by atomic mass is 32.1. The van der Waals surface area contributed by atoms with Gasteiger partial charge in [-0.15, -0.1) is 11.3 Å². The van der Waals surface area contributed by atoms with Crippen molar-refractivity contribution >= 4 is 23.2 Å². The molecule has 3 heterocycles. The molecule has 1 aromatic heterocycles. The Labute approximate surface area is 177 Å². The Hall–Kier alpha value is -2.26. The summed E-state index contributed by atoms with van der Waals surface area (Å²) in [6, 6.07) is 10.3. The van der Waals surface area contributed by atoms with Crippen LogP contribution in [0.4, 0.5) is 0 Å². The molecule has 2 amide bonds. The van der Waals surface area contributed by atoms with E-state index in [0.29, 0.717) is 6.42 Å². The molecule has 3 fully saturated rings. The fourth-order valence-electron chi connectivity index (χ4n) is 5.37. The first-order valence-electron chi connectivity index (χ1n) is 10.1. The van der Waals surface area contributed by atoms with E-state index >= 15 is 0 Å². The number of carbonyl (C=O) groups excluding carboxylic acids is 2. The van der Waals surface area contributed by atoms with E-state index < -0.39 is 35.6 Å². The molecular formula is C22H23NO6S. The Morgan fingerprint density at radius 2 is 1.90 bits per heavy atom. The minimum absolute atomic E-state index is 0.127. The maximum Gasteiger partial charge on any atom is 0.233 e. The van der Waals surface area contributed by atoms with Gasteiger partial charge in [-0.2, -0.15) is 0 Å². The van der Waals surface area contributed by atoms with Crippen molar-refractivity contribution in [1.29, 1.82) is 0 Å². The predicted molar refractivity (Wildman–Crippen MR) is 107 cm³/mol. The smallest absolute Gasteiger partial charge is 0.233 e. The average Bonchev–Trinajstić information content (AvgIpc) is 3.42. The van der Waals surface area contributed by atoms with Crippen LogP contribution in [0.2, 0.25) is 0 Å². The van der Waals surface area contributed by atoms with Gasteiger partial charge < -0.3 is 20.1 Å². The number of hydrogen-bond donors (Lipinski definition) is 3. The third kappa shape index (κ3) is 2.90. The lowest BCUT2D eigenvalue weighted by Gasteiger charge is -2.44. The van der Waals surface area contributed by atoms with E-state index in [4.69, 9.17) is 4.74 Å². The maximum atomic E-state index is 13.3. The molecule has 1 saturated carbocycles. The quantitative estimate of drug-likeness (QED) is 0.642. The molecule has 2 aliphatic heterocycles. The highest BCUT2D eigenvalue weighted by Gasteiger charge is 2.66. The van der Waals surface area contributed by atoms with E-state index in [1.165, 1.54) is 16.2 Å². The number of rotatable bonds is 4. The lowest BCUT2D eigenvalue weighted by atomic mass is 9.64. The summed E-state index contributed by atoms with van der Waals surface area (Å²) in [5, 5.41) is 32.9. The molecule has 3 aliphatic rings. The first-order valence-corrected chi connectivity index (χ1v) is 11.0. The molecule has 158 valence electrons. The van der Waals surface area contributed by atoms with Gasteiger partial charge in [0.15, 0.2) is 5.79 Å². The van der Waals surface area contributed by atoms with Gasteiger partial charge in [0.05, 0.1) is 31.1 Å². The van der Waals surface area contributed by atoms with Crippen LogP contribution in [-0.4, -0.2) is 44.4 Å². The molecule has 1 aliphatic carbocycles. The molecule has 6 atom stereocenters. The normalized spacial score (nSPS) is 35.5. The fourth-order valence-corrected chi connectivity index (χ4v) is 6.06. The molecule has 7 nitrogen and oxygen atoms in total. The van der Waals surface area contributed by atoms with Crippen molar-refractivity contribution in [3.63, 3.8) is 0 Å². The number of phenolic OH excluding ortho intramolecular Hbond substituents is 1. The number of hydrogen-bond acceptors (Lipinski definition) is 7. The number of benzene rings is 1. The molecular weight excluding hydrogens is 406 g/mol. The van der Waals surface area contributed by atoms with Crippen molar-refractivity contribution in [1.82, 2.24) is 4.90 Å². The van der Waals surface area contributed by atoms with Crippen LogP contribution in [0.15, 0.2) is 41.8 Å². The van der Waals surface area contributed by atoms with Crippen LogP contribution in [0.3, 0.4) is 0 Å². The highest BCUT2D eigenvalue weighted by molar-refractivity contribution is 7.09. The number of imide groups is 1. The van der Waals surface area contributed by atoms with Crippen LogP contribution >= 0.6 is 11.3 Å². The van der Waals surface area contributed by atoms with Gasteiger partial charge in [-0.3, -0.25) is 14.5 Å². The lowest BCUT2D eigenvalue weighted by Crippen LogP contribution is -2.54. The highest BCUT2D eigenvalue weighted by Crippen LogP contribution is 2.58. The van der Waals surface area contributed by atoms with Crippen LogP contribution in [0.1, 0.15) is 29.4 Å². The van der Waals surface area contributed by atoms with Gasteiger partial charge >= 0.3 is 0 Å². The number of carbonyl (C=O) groups is 2. The third-order valence-electron chi connectivity index (χ3n) is 6.83. The van der Waals surface area contributed by atoms with E-state index in [1.807, 2.05) is 17.5 Å². The van der Waals surface area contributed by atoms with Crippen molar-refractivity contribution < 1.29 is 29.6 Å². The van der Waals surface area contributed by atoms with Gasteiger partial charge in [0, 0.05) is 16.7 Å². The summed E-state index contributed by atoms with van der Waals surface area (Å²) < 4.78 is 6.05. The number of aromatic hydroxyl groups is 1. The van der Waals surface area contributed by atoms with Gasteiger partial charge in [-0.25, -0.2) is 0 Å². The Morgan fingerprint density at radius 3 is 2.57 bits per heavy atom. The second kappa shape index (κ2) is 7.16. The summed E-state index contributed by atoms with van der Waals surface area (Å²) in [6.45, 7) is -0.0928. The monoisotopic (exact) mass is 429 g/mol. The first-order chi connectivity index (χ1) is 14.4. The van der Waals surface area contributed by atoms with Crippen LogP contribution in [0, 0.1) is 23.7 Å². The van der Waals surface area contributed by atoms with E-state index in [2.05, 4.69) is 0 Å². The van der Waals surface area contributed by atoms with Gasteiger partial charge in [0.2, 0.25) is 11.8 Å². The second-order valence-corrected chi connectivity index (χ2v) is 9.41. The molecule has 2 aromatic rings. The van der Waals surface area contributed by atoms with Gasteiger partial charge in [-0.05, 0) is 42.0 Å². The van der Waals surface area contributed by atoms with Crippen molar-refractivity contribution in [3.8, 4) is 5.75 Å². The van der Waals surface area contributed by atoms with Crippen LogP contribution in [0.5, 0.6) is 5.75 Å². The zero-order valence-corrected chi connectivity index (χ0v) is 17.0. The number of ether oxygens (including phenoxy) is 1. The topological polar surface area (TPSA) is 107 Å². The fraction of sp³-hybridized carbons (Fsp3) is 0.455. The zero-order chi connectivity index (χ0) is 21.0. The molecule has 0 bridgehead atoms. The van der Waals surface area contributed by atoms with E-state index in [-0.39, 0.29) is 37.1 Å². The number of amides is 2. The predicted octanol–water partition coefficient (Wildman–Crippen LogP) is 2.03. The summed E-state index contributed by atoms with van der Waals surface area (Å²) in [5.74, 6) is -4.49. The summed E-state index contributed by atoms with van der Waals surface area (Å²) in [5.41, 5.74) is 0.774. The van der Waals surface area contributed by atoms with Gasteiger partial charge in [0.25, 0.3) is 0 Å². The largest absolute Gasteiger partial charge is 0.508 e. The Kier molecular flexibility index (Phi) is 4.70. The maximum absolute atomic E-state index is 13.3. The minimum Gasteiger partial charge on any atom is -0.508 e. The van der Waals surface area contributed by atoms with Crippen molar-refractivity contribution in [2.75, 3.05) is 6.61 Å². The summed E-state index contributed by atoms with van der Waals surface area (Å²) >= 11 is 1.49. The molecule has 0 radical (unpaired) electrons. The van der Waals surface area contributed by atoms with E-state index in [0.717, 1.165) is 10.4 Å². The molecule has 30 heavy (non-hydrogen) atoms. The molecule has 2 saturated heterocycles. The van der Waals surface area contributed by atoms with Gasteiger partial charge in [0.1, 0.15) is 5.75 Å². The summed E-state index contributed by atoms with van der Waals surface area (Å²) in [7, 11) is 0. The summed E-state index contributed by atoms with van der Waals surface area (Å²) in [4.78, 5) is 28.6. The summed E-state index contributed by atoms with van der Waals surface area (Å²) in [6.07, 6.45) is 0.0925. The molecule has 5 rings (SSSR count). The van der Waals surface area contributed by atoms with E-state index in [9.17, 15) is 24.9 Å². The number of thiophene rings is 1. The number of nitrogens with zero attached hydrogens (tertiary/aromatic N) is 1. The number of aliphatic hydroxyl groups excluding tert-OH is 1. The Bertz CT molecular complexity index is 961. The molecule has 1 aromatic carbocycles. The molecule has 3 N–H and O–H groups in total. The SMILES string of the molecule is O=C1[C@H]2[C@H](C[C@H](CO)[C@@]3(O)O[C@H](c4ccc(O)cc4)C[C@@H]23)C(=O)N1Cc1cccs1. The number of likely N-dealkylation sites (tertiary alicyclic amines) is 1. The number of aliphatic hydroxyl groups is 2. The van der Waals surface area contributed by atoms with Crippen molar-refractivity contribution in [2.24, 2.45) is 23.7 Å². The van der Waals surface area contributed by atoms with Crippen LogP contribution < -0.4 is 0 Å². The Balaban J connectivity index is 1.47. The zero-order valence-electron chi connectivity index (χ0n) is 16.2. The molecule has 0 unspecified atom stereocenters. The molecule has 8 heteroatoms. The van der Waals surface area contributed by atoms with Crippen LogP contribution in [0.25, 0.3) is 0 Å². The number of fused-ring (bicyclic) bond motifs is 3. The van der Waals surface area contributed by atoms with E-state index in [1.54, 1.807) is 24.3 Å². The standard InChI is InChI=1S/C22H23NO6S/c24-11-13-8-16-19(21(27)23(20(16)26)10-15-2-1-7-30-15)17-9-18(29-22(13,17)28)12-3-5-14(25)6-4-12/h1-7,13,16-19,24-25,28H,8-11H2/t13-,16+,17+,18+,19+,22-/m1/s1. The minimum atomic E-state index is -1.67. The van der Waals surface area contributed by atoms with Crippen molar-refractivity contribution in [3.05, 3.63) is 52.2 Å². The lowest BCUT2D eigenvalue weighted by molar-refractivity contribution is -0.274. The van der Waals surface area contributed by atoms with Gasteiger partial charge in [-0.1, -0.05) is 18.2 Å².